The SMILES string of the molecule is O=C1CSC(c2ccccc2Cl)N1c1nc(Nc2cccc([N+](=O)[O-])c2)nc(Nc2cccc([N+](=O)[O-])c2)n1. The first kappa shape index (κ1) is 25.8. The Hall–Kier alpha value is -4.82. The third-order valence-electron chi connectivity index (χ3n) is 5.50. The first-order chi connectivity index (χ1) is 18.8. The molecule has 1 fully saturated rings. The molecule has 39 heavy (non-hydrogen) atoms. The van der Waals surface area contributed by atoms with Crippen LogP contribution in [0.3, 0.4) is 0 Å². The molecule has 0 bridgehead atoms. The molecule has 1 amide bonds. The second-order valence-electron chi connectivity index (χ2n) is 8.10. The van der Waals surface area contributed by atoms with E-state index in [2.05, 4.69) is 25.6 Å². The minimum Gasteiger partial charge on any atom is -0.324 e. The molecule has 1 atom stereocenters. The Bertz CT molecular complexity index is 1530. The van der Waals surface area contributed by atoms with E-state index in [0.717, 1.165) is 0 Å². The summed E-state index contributed by atoms with van der Waals surface area (Å²) in [7, 11) is 0. The van der Waals surface area contributed by atoms with Crippen molar-refractivity contribution in [3.63, 3.8) is 0 Å². The molecule has 3 aromatic carbocycles. The van der Waals surface area contributed by atoms with E-state index in [1.165, 1.54) is 53.1 Å². The molecule has 196 valence electrons. The van der Waals surface area contributed by atoms with Crippen molar-refractivity contribution in [3.05, 3.63) is 104 Å². The molecule has 0 spiro atoms. The number of nitro benzene ring substituents is 2. The lowest BCUT2D eigenvalue weighted by atomic mass is 10.2. The summed E-state index contributed by atoms with van der Waals surface area (Å²) >= 11 is 7.77. The molecule has 0 radical (unpaired) electrons. The number of nitro groups is 2. The highest BCUT2D eigenvalue weighted by Gasteiger charge is 2.37. The maximum atomic E-state index is 13.0. The molecule has 5 rings (SSSR count). The normalized spacial score (nSPS) is 14.7. The number of rotatable bonds is 8. The van der Waals surface area contributed by atoms with E-state index in [0.29, 0.717) is 22.0 Å². The summed E-state index contributed by atoms with van der Waals surface area (Å²) in [6, 6.07) is 18.6. The summed E-state index contributed by atoms with van der Waals surface area (Å²) in [6.45, 7) is 0. The topological polar surface area (TPSA) is 169 Å². The molecular formula is C24H17ClN8O5S. The van der Waals surface area contributed by atoms with E-state index in [1.807, 2.05) is 0 Å². The number of thioether (sulfide) groups is 1. The van der Waals surface area contributed by atoms with Crippen molar-refractivity contribution in [2.75, 3.05) is 21.3 Å². The van der Waals surface area contributed by atoms with Crippen LogP contribution in [0.5, 0.6) is 0 Å². The van der Waals surface area contributed by atoms with Gasteiger partial charge in [-0.25, -0.2) is 0 Å². The highest BCUT2D eigenvalue weighted by Crippen LogP contribution is 2.43. The third kappa shape index (κ3) is 5.71. The van der Waals surface area contributed by atoms with Crippen molar-refractivity contribution in [2.24, 2.45) is 0 Å². The Labute approximate surface area is 229 Å². The first-order valence-corrected chi connectivity index (χ1v) is 12.7. The maximum Gasteiger partial charge on any atom is 0.271 e. The van der Waals surface area contributed by atoms with Crippen molar-refractivity contribution in [3.8, 4) is 0 Å². The minimum atomic E-state index is -0.534. The Morgan fingerprint density at radius 1 is 0.846 bits per heavy atom. The summed E-state index contributed by atoms with van der Waals surface area (Å²) in [5.41, 5.74) is 1.06. The van der Waals surface area contributed by atoms with E-state index in [1.54, 1.807) is 36.4 Å². The standard InChI is InChI=1S/C24H17ClN8O5S/c25-19-10-2-1-9-18(19)21-31(20(34)13-39-21)24-29-22(26-14-5-3-7-16(11-14)32(35)36)28-23(30-24)27-15-6-4-8-17(12-15)33(37)38/h1-12,21H,13H2,(H2,26,27,28,29,30). The van der Waals surface area contributed by atoms with E-state index in [4.69, 9.17) is 11.6 Å². The molecule has 2 heterocycles. The molecular weight excluding hydrogens is 548 g/mol. The third-order valence-corrected chi connectivity index (χ3v) is 7.04. The molecule has 1 aliphatic rings. The van der Waals surface area contributed by atoms with Gasteiger partial charge in [-0.15, -0.1) is 11.8 Å². The molecule has 1 saturated heterocycles. The van der Waals surface area contributed by atoms with Gasteiger partial charge in [0.2, 0.25) is 23.8 Å². The number of non-ortho nitro benzene ring substituents is 2. The van der Waals surface area contributed by atoms with Gasteiger partial charge in [0.15, 0.2) is 0 Å². The van der Waals surface area contributed by atoms with Crippen LogP contribution < -0.4 is 15.5 Å². The monoisotopic (exact) mass is 564 g/mol. The molecule has 0 aliphatic carbocycles. The van der Waals surface area contributed by atoms with Crippen LogP contribution in [0.2, 0.25) is 5.02 Å². The van der Waals surface area contributed by atoms with Gasteiger partial charge in [0.1, 0.15) is 5.37 Å². The zero-order chi connectivity index (χ0) is 27.5. The van der Waals surface area contributed by atoms with Crippen LogP contribution in [0.4, 0.5) is 40.6 Å². The van der Waals surface area contributed by atoms with Crippen LogP contribution in [0.15, 0.2) is 72.8 Å². The minimum absolute atomic E-state index is 0.00854. The van der Waals surface area contributed by atoms with Gasteiger partial charge in [0.25, 0.3) is 11.4 Å². The first-order valence-electron chi connectivity index (χ1n) is 11.3. The lowest BCUT2D eigenvalue weighted by Gasteiger charge is -2.23. The maximum absolute atomic E-state index is 13.0. The second-order valence-corrected chi connectivity index (χ2v) is 9.57. The fraction of sp³-hybridized carbons (Fsp3) is 0.0833. The quantitative estimate of drug-likeness (QED) is 0.201. The van der Waals surface area contributed by atoms with E-state index in [9.17, 15) is 25.0 Å². The highest BCUT2D eigenvalue weighted by atomic mass is 35.5. The molecule has 13 nitrogen and oxygen atoms in total. The Morgan fingerprint density at radius 3 is 1.95 bits per heavy atom. The smallest absolute Gasteiger partial charge is 0.271 e. The number of hydrogen-bond donors (Lipinski definition) is 2. The lowest BCUT2D eigenvalue weighted by Crippen LogP contribution is -2.30. The summed E-state index contributed by atoms with van der Waals surface area (Å²) in [4.78, 5) is 49.0. The van der Waals surface area contributed by atoms with Crippen molar-refractivity contribution >= 4 is 69.9 Å². The van der Waals surface area contributed by atoms with Crippen LogP contribution in [0.25, 0.3) is 0 Å². The average molecular weight is 565 g/mol. The zero-order valence-corrected chi connectivity index (χ0v) is 21.3. The number of carbonyl (C=O) groups is 1. The Balaban J connectivity index is 1.57. The predicted molar refractivity (Wildman–Crippen MR) is 147 cm³/mol. The summed E-state index contributed by atoms with van der Waals surface area (Å²) in [5, 5.41) is 28.2. The fourth-order valence-corrected chi connectivity index (χ4v) is 5.27. The largest absolute Gasteiger partial charge is 0.324 e. The summed E-state index contributed by atoms with van der Waals surface area (Å²) in [5.74, 6) is -0.153. The van der Waals surface area contributed by atoms with Crippen LogP contribution >= 0.6 is 23.4 Å². The molecule has 0 saturated carbocycles. The van der Waals surface area contributed by atoms with Gasteiger partial charge in [-0.1, -0.05) is 41.9 Å². The zero-order valence-electron chi connectivity index (χ0n) is 19.7. The number of anilines is 5. The van der Waals surface area contributed by atoms with E-state index in [-0.39, 0.29) is 40.9 Å². The Kier molecular flexibility index (Phi) is 7.21. The van der Waals surface area contributed by atoms with Crippen LogP contribution in [-0.4, -0.2) is 36.5 Å². The summed E-state index contributed by atoms with van der Waals surface area (Å²) < 4.78 is 0. The van der Waals surface area contributed by atoms with Crippen LogP contribution in [-0.2, 0) is 4.79 Å². The number of nitrogens with zero attached hydrogens (tertiary/aromatic N) is 6. The van der Waals surface area contributed by atoms with Gasteiger partial charge in [-0.05, 0) is 18.2 Å². The number of hydrogen-bond acceptors (Lipinski definition) is 11. The van der Waals surface area contributed by atoms with Crippen LogP contribution in [0.1, 0.15) is 10.9 Å². The van der Waals surface area contributed by atoms with Crippen molar-refractivity contribution in [2.45, 2.75) is 5.37 Å². The van der Waals surface area contributed by atoms with Gasteiger partial charge in [0.05, 0.1) is 15.6 Å². The van der Waals surface area contributed by atoms with Gasteiger partial charge < -0.3 is 10.6 Å². The molecule has 1 aromatic heterocycles. The van der Waals surface area contributed by atoms with Gasteiger partial charge >= 0.3 is 0 Å². The summed E-state index contributed by atoms with van der Waals surface area (Å²) in [6.07, 6.45) is 0. The fourth-order valence-electron chi connectivity index (χ4n) is 3.78. The lowest BCUT2D eigenvalue weighted by molar-refractivity contribution is -0.385. The molecule has 2 N–H and O–H groups in total. The molecule has 1 aliphatic heterocycles. The number of halogens is 1. The molecule has 4 aromatic rings. The van der Waals surface area contributed by atoms with Gasteiger partial charge in [-0.2, -0.15) is 15.0 Å². The number of carbonyl (C=O) groups excluding carboxylic acids is 1. The van der Waals surface area contributed by atoms with Crippen molar-refractivity contribution < 1.29 is 14.6 Å². The van der Waals surface area contributed by atoms with Crippen LogP contribution in [0, 0.1) is 20.2 Å². The number of aromatic nitrogens is 3. The molecule has 1 unspecified atom stereocenters. The van der Waals surface area contributed by atoms with E-state index >= 15 is 0 Å². The Morgan fingerprint density at radius 2 is 1.41 bits per heavy atom. The predicted octanol–water partition coefficient (Wildman–Crippen LogP) is 5.61. The van der Waals surface area contributed by atoms with Crippen molar-refractivity contribution in [1.29, 1.82) is 0 Å². The number of benzene rings is 3. The van der Waals surface area contributed by atoms with Gasteiger partial charge in [-0.3, -0.25) is 29.9 Å². The van der Waals surface area contributed by atoms with Gasteiger partial charge in [0, 0.05) is 46.2 Å². The number of amides is 1. The molecule has 15 heteroatoms. The average Bonchev–Trinajstić information content (AvgIpc) is 3.30. The second kappa shape index (κ2) is 10.9. The van der Waals surface area contributed by atoms with Crippen molar-refractivity contribution in [1.82, 2.24) is 15.0 Å². The number of nitrogens with one attached hydrogen (secondary N) is 2. The van der Waals surface area contributed by atoms with E-state index < -0.39 is 15.2 Å². The highest BCUT2D eigenvalue weighted by molar-refractivity contribution is 8.00.